The van der Waals surface area contributed by atoms with Crippen molar-refractivity contribution in [1.82, 2.24) is 4.98 Å². The van der Waals surface area contributed by atoms with Crippen molar-refractivity contribution in [3.05, 3.63) is 58.4 Å². The predicted octanol–water partition coefficient (Wildman–Crippen LogP) is 5.38. The molecule has 4 nitrogen and oxygen atoms in total. The van der Waals surface area contributed by atoms with E-state index in [1.54, 1.807) is 6.20 Å². The van der Waals surface area contributed by atoms with Crippen molar-refractivity contribution in [2.45, 2.75) is 78.2 Å². The van der Waals surface area contributed by atoms with Crippen LogP contribution in [0, 0.1) is 11.8 Å². The van der Waals surface area contributed by atoms with E-state index in [9.17, 15) is 4.79 Å². The van der Waals surface area contributed by atoms with Gasteiger partial charge in [0.25, 0.3) is 0 Å². The summed E-state index contributed by atoms with van der Waals surface area (Å²) < 4.78 is 11.3. The quantitative estimate of drug-likeness (QED) is 0.482. The summed E-state index contributed by atoms with van der Waals surface area (Å²) >= 11 is 0. The van der Waals surface area contributed by atoms with Gasteiger partial charge in [-0.25, -0.2) is 4.98 Å². The molecule has 1 aliphatic rings. The molecule has 0 bridgehead atoms. The Bertz CT molecular complexity index is 1010. The SMILES string of the molecule is CCOC(=O)CCc1ccc(C#Cc2cc3c(cc2CC)OC(C)(C)CC3(C)C)nc1. The molecule has 1 aliphatic heterocycles. The van der Waals surface area contributed by atoms with Crippen molar-refractivity contribution in [2.24, 2.45) is 0 Å². The number of nitrogens with zero attached hydrogens (tertiary/aromatic N) is 1. The summed E-state index contributed by atoms with van der Waals surface area (Å²) in [5, 5.41) is 0. The maximum absolute atomic E-state index is 11.5. The van der Waals surface area contributed by atoms with E-state index in [1.165, 1.54) is 11.1 Å². The van der Waals surface area contributed by atoms with E-state index in [0.717, 1.165) is 35.4 Å². The van der Waals surface area contributed by atoms with Gasteiger partial charge in [0.15, 0.2) is 0 Å². The molecule has 0 aliphatic carbocycles. The van der Waals surface area contributed by atoms with Crippen LogP contribution in [0.5, 0.6) is 5.75 Å². The zero-order chi connectivity index (χ0) is 22.6. The number of benzene rings is 1. The highest BCUT2D eigenvalue weighted by molar-refractivity contribution is 5.69. The number of carbonyl (C=O) groups excluding carboxylic acids is 1. The molecule has 0 saturated carbocycles. The molecule has 4 heteroatoms. The third-order valence-corrected chi connectivity index (χ3v) is 5.64. The maximum atomic E-state index is 11.5. The molecule has 0 fully saturated rings. The van der Waals surface area contributed by atoms with Crippen LogP contribution in [0.4, 0.5) is 0 Å². The molecule has 0 saturated heterocycles. The van der Waals surface area contributed by atoms with Gasteiger partial charge in [-0.1, -0.05) is 32.8 Å². The number of carbonyl (C=O) groups is 1. The zero-order valence-electron chi connectivity index (χ0n) is 19.6. The highest BCUT2D eigenvalue weighted by atomic mass is 16.5. The molecule has 0 spiro atoms. The molecule has 0 amide bonds. The highest BCUT2D eigenvalue weighted by Gasteiger charge is 2.39. The molecule has 0 unspecified atom stereocenters. The van der Waals surface area contributed by atoms with Crippen molar-refractivity contribution in [3.8, 4) is 17.6 Å². The summed E-state index contributed by atoms with van der Waals surface area (Å²) in [5.74, 6) is 7.34. The van der Waals surface area contributed by atoms with E-state index in [4.69, 9.17) is 9.47 Å². The predicted molar refractivity (Wildman–Crippen MR) is 123 cm³/mol. The van der Waals surface area contributed by atoms with Gasteiger partial charge in [-0.05, 0) is 80.7 Å². The Kier molecular flexibility index (Phi) is 6.74. The minimum Gasteiger partial charge on any atom is -0.488 e. The number of hydrogen-bond donors (Lipinski definition) is 0. The van der Waals surface area contributed by atoms with E-state index >= 15 is 0 Å². The highest BCUT2D eigenvalue weighted by Crippen LogP contribution is 2.45. The summed E-state index contributed by atoms with van der Waals surface area (Å²) in [6.07, 6.45) is 4.62. The molecule has 3 rings (SSSR count). The Morgan fingerprint density at radius 3 is 2.58 bits per heavy atom. The second-order valence-corrected chi connectivity index (χ2v) is 9.39. The van der Waals surface area contributed by atoms with E-state index < -0.39 is 0 Å². The smallest absolute Gasteiger partial charge is 0.306 e. The van der Waals surface area contributed by atoms with Gasteiger partial charge >= 0.3 is 5.97 Å². The molecular formula is C27H33NO3. The van der Waals surface area contributed by atoms with Gasteiger partial charge in [0, 0.05) is 23.7 Å². The van der Waals surface area contributed by atoms with E-state index in [-0.39, 0.29) is 17.0 Å². The van der Waals surface area contributed by atoms with E-state index in [0.29, 0.717) is 19.4 Å². The fourth-order valence-corrected chi connectivity index (χ4v) is 4.39. The number of ether oxygens (including phenoxy) is 2. The molecule has 164 valence electrons. The maximum Gasteiger partial charge on any atom is 0.306 e. The average molecular weight is 420 g/mol. The lowest BCUT2D eigenvalue weighted by molar-refractivity contribution is -0.143. The first-order valence-corrected chi connectivity index (χ1v) is 11.1. The Morgan fingerprint density at radius 1 is 1.16 bits per heavy atom. The third-order valence-electron chi connectivity index (χ3n) is 5.64. The van der Waals surface area contributed by atoms with Gasteiger partial charge in [-0.3, -0.25) is 4.79 Å². The van der Waals surface area contributed by atoms with Crippen molar-refractivity contribution in [1.29, 1.82) is 0 Å². The van der Waals surface area contributed by atoms with Crippen LogP contribution in [0.1, 0.15) is 82.3 Å². The first-order chi connectivity index (χ1) is 14.6. The van der Waals surface area contributed by atoms with Gasteiger partial charge in [-0.15, -0.1) is 0 Å². The normalized spacial score (nSPS) is 15.8. The first kappa shape index (κ1) is 22.9. The molecule has 1 aromatic carbocycles. The fourth-order valence-electron chi connectivity index (χ4n) is 4.39. The van der Waals surface area contributed by atoms with Gasteiger partial charge in [0.2, 0.25) is 0 Å². The minimum atomic E-state index is -0.179. The molecule has 0 radical (unpaired) electrons. The van der Waals surface area contributed by atoms with Gasteiger partial charge in [0.05, 0.1) is 6.61 Å². The minimum absolute atomic E-state index is 0.0264. The molecule has 0 atom stereocenters. The van der Waals surface area contributed by atoms with Crippen LogP contribution in [0.3, 0.4) is 0 Å². The Morgan fingerprint density at radius 2 is 1.94 bits per heavy atom. The lowest BCUT2D eigenvalue weighted by Gasteiger charge is -2.42. The molecular weight excluding hydrogens is 386 g/mol. The van der Waals surface area contributed by atoms with Gasteiger partial charge in [0.1, 0.15) is 17.0 Å². The Labute approximate surface area is 186 Å². The lowest BCUT2D eigenvalue weighted by Crippen LogP contribution is -2.41. The van der Waals surface area contributed by atoms with Crippen molar-refractivity contribution >= 4 is 5.97 Å². The summed E-state index contributed by atoms with van der Waals surface area (Å²) in [6, 6.07) is 8.24. The molecule has 2 aromatic rings. The van der Waals surface area contributed by atoms with Crippen LogP contribution >= 0.6 is 0 Å². The Balaban J connectivity index is 1.82. The van der Waals surface area contributed by atoms with Gasteiger partial charge < -0.3 is 9.47 Å². The molecule has 2 heterocycles. The second kappa shape index (κ2) is 9.14. The summed E-state index contributed by atoms with van der Waals surface area (Å²) in [7, 11) is 0. The topological polar surface area (TPSA) is 48.4 Å². The number of rotatable bonds is 5. The van der Waals surface area contributed by atoms with Crippen LogP contribution < -0.4 is 4.74 Å². The lowest BCUT2D eigenvalue weighted by atomic mass is 9.73. The zero-order valence-corrected chi connectivity index (χ0v) is 19.6. The number of aryl methyl sites for hydroxylation is 2. The molecule has 31 heavy (non-hydrogen) atoms. The molecule has 0 N–H and O–H groups in total. The third kappa shape index (κ3) is 5.67. The van der Waals surface area contributed by atoms with Crippen molar-refractivity contribution in [3.63, 3.8) is 0 Å². The van der Waals surface area contributed by atoms with Crippen LogP contribution in [-0.4, -0.2) is 23.2 Å². The largest absolute Gasteiger partial charge is 0.488 e. The van der Waals surface area contributed by atoms with Crippen molar-refractivity contribution < 1.29 is 14.3 Å². The van der Waals surface area contributed by atoms with Crippen LogP contribution in [0.15, 0.2) is 30.5 Å². The van der Waals surface area contributed by atoms with E-state index in [1.807, 2.05) is 19.1 Å². The number of hydrogen-bond acceptors (Lipinski definition) is 4. The number of fused-ring (bicyclic) bond motifs is 1. The van der Waals surface area contributed by atoms with E-state index in [2.05, 4.69) is 63.6 Å². The number of aromatic nitrogens is 1. The number of esters is 1. The van der Waals surface area contributed by atoms with Crippen LogP contribution in [-0.2, 0) is 27.8 Å². The summed E-state index contributed by atoms with van der Waals surface area (Å²) in [5.41, 5.74) is 5.01. The average Bonchev–Trinajstić information content (AvgIpc) is 2.70. The van der Waals surface area contributed by atoms with Crippen molar-refractivity contribution in [2.75, 3.05) is 6.61 Å². The summed E-state index contributed by atoms with van der Waals surface area (Å²) in [4.78, 5) is 16.0. The number of pyridine rings is 1. The molecule has 1 aromatic heterocycles. The first-order valence-electron chi connectivity index (χ1n) is 11.1. The summed E-state index contributed by atoms with van der Waals surface area (Å²) in [6.45, 7) is 13.2. The van der Waals surface area contributed by atoms with Crippen LogP contribution in [0.25, 0.3) is 0 Å². The monoisotopic (exact) mass is 419 g/mol. The van der Waals surface area contributed by atoms with Gasteiger partial charge in [-0.2, -0.15) is 0 Å². The standard InChI is InChI=1S/C27H33NO3/c1-7-20-16-24-23(26(3,4)18-27(5,6)31-24)15-21(20)11-13-22-12-9-19(17-28-22)10-14-25(29)30-8-2/h9,12,15-17H,7-8,10,14,18H2,1-6H3. The second-order valence-electron chi connectivity index (χ2n) is 9.39. The Hall–Kier alpha value is -2.80. The fraction of sp³-hybridized carbons (Fsp3) is 0.481. The van der Waals surface area contributed by atoms with Crippen LogP contribution in [0.2, 0.25) is 0 Å².